The van der Waals surface area contributed by atoms with E-state index in [1.807, 2.05) is 0 Å². The standard InChI is InChI=1S/C15H17F2N3O2/c1-9-6-13(15(22)19(3)10(2)8-21)18-20(9)14-5-4-11(16)7-12(14)17/h4-7,10,21H,8H2,1-3H3. The first kappa shape index (κ1) is 16.1. The Morgan fingerprint density at radius 1 is 1.41 bits per heavy atom. The Hall–Kier alpha value is -2.28. The highest BCUT2D eigenvalue weighted by Gasteiger charge is 2.21. The number of rotatable bonds is 4. The molecule has 5 nitrogen and oxygen atoms in total. The van der Waals surface area contributed by atoms with Gasteiger partial charge in [0.1, 0.15) is 11.5 Å². The maximum Gasteiger partial charge on any atom is 0.274 e. The van der Waals surface area contributed by atoms with Crippen molar-refractivity contribution in [3.63, 3.8) is 0 Å². The molecular formula is C15H17F2N3O2. The summed E-state index contributed by atoms with van der Waals surface area (Å²) >= 11 is 0. The molecule has 1 aromatic heterocycles. The molecule has 2 aromatic rings. The number of benzene rings is 1. The van der Waals surface area contributed by atoms with E-state index >= 15 is 0 Å². The van der Waals surface area contributed by atoms with Crippen LogP contribution in [0.4, 0.5) is 8.78 Å². The molecule has 0 aliphatic heterocycles. The summed E-state index contributed by atoms with van der Waals surface area (Å²) < 4.78 is 28.1. The van der Waals surface area contributed by atoms with Crippen molar-refractivity contribution in [3.05, 3.63) is 47.3 Å². The van der Waals surface area contributed by atoms with E-state index in [9.17, 15) is 13.6 Å². The van der Waals surface area contributed by atoms with Crippen LogP contribution in [0, 0.1) is 18.6 Å². The molecule has 1 aromatic carbocycles. The van der Waals surface area contributed by atoms with Gasteiger partial charge in [-0.05, 0) is 32.0 Å². The first-order valence-electron chi connectivity index (χ1n) is 6.75. The van der Waals surface area contributed by atoms with Crippen LogP contribution in [-0.4, -0.2) is 45.4 Å². The van der Waals surface area contributed by atoms with Crippen LogP contribution < -0.4 is 0 Å². The Morgan fingerprint density at radius 2 is 2.09 bits per heavy atom. The molecule has 1 amide bonds. The zero-order valence-corrected chi connectivity index (χ0v) is 12.5. The summed E-state index contributed by atoms with van der Waals surface area (Å²) in [6, 6.07) is 4.31. The van der Waals surface area contributed by atoms with Gasteiger partial charge in [0, 0.05) is 18.8 Å². The van der Waals surface area contributed by atoms with Crippen molar-refractivity contribution in [2.24, 2.45) is 0 Å². The summed E-state index contributed by atoms with van der Waals surface area (Å²) in [5.41, 5.74) is 0.735. The van der Waals surface area contributed by atoms with Crippen LogP contribution in [0.5, 0.6) is 0 Å². The monoisotopic (exact) mass is 309 g/mol. The molecule has 0 bridgehead atoms. The van der Waals surface area contributed by atoms with Crippen molar-refractivity contribution < 1.29 is 18.7 Å². The van der Waals surface area contributed by atoms with Crippen molar-refractivity contribution >= 4 is 5.91 Å². The number of aromatic nitrogens is 2. The van der Waals surface area contributed by atoms with E-state index in [0.29, 0.717) is 5.69 Å². The molecule has 1 N–H and O–H groups in total. The second-order valence-electron chi connectivity index (χ2n) is 5.13. The lowest BCUT2D eigenvalue weighted by Gasteiger charge is -2.21. The largest absolute Gasteiger partial charge is 0.394 e. The van der Waals surface area contributed by atoms with Gasteiger partial charge in [0.25, 0.3) is 5.91 Å². The SMILES string of the molecule is Cc1cc(C(=O)N(C)C(C)CO)nn1-c1ccc(F)cc1F. The van der Waals surface area contributed by atoms with E-state index in [-0.39, 0.29) is 29.9 Å². The van der Waals surface area contributed by atoms with Gasteiger partial charge in [-0.15, -0.1) is 0 Å². The minimum Gasteiger partial charge on any atom is -0.394 e. The lowest BCUT2D eigenvalue weighted by molar-refractivity contribution is 0.0676. The first-order valence-corrected chi connectivity index (χ1v) is 6.75. The van der Waals surface area contributed by atoms with Gasteiger partial charge in [-0.1, -0.05) is 0 Å². The summed E-state index contributed by atoms with van der Waals surface area (Å²) in [6.07, 6.45) is 0. The number of aryl methyl sites for hydroxylation is 1. The summed E-state index contributed by atoms with van der Waals surface area (Å²) in [5, 5.41) is 13.2. The average molecular weight is 309 g/mol. The predicted molar refractivity (Wildman–Crippen MR) is 76.9 cm³/mol. The van der Waals surface area contributed by atoms with E-state index in [4.69, 9.17) is 5.11 Å². The molecule has 0 saturated heterocycles. The second-order valence-corrected chi connectivity index (χ2v) is 5.13. The fourth-order valence-corrected chi connectivity index (χ4v) is 1.98. The number of amides is 1. The fraction of sp³-hybridized carbons (Fsp3) is 0.333. The van der Waals surface area contributed by atoms with E-state index in [0.717, 1.165) is 12.1 Å². The number of carbonyl (C=O) groups is 1. The summed E-state index contributed by atoms with van der Waals surface area (Å²) in [6.45, 7) is 3.19. The molecule has 118 valence electrons. The van der Waals surface area contributed by atoms with Crippen molar-refractivity contribution in [1.29, 1.82) is 0 Å². The normalized spacial score (nSPS) is 12.3. The topological polar surface area (TPSA) is 58.4 Å². The van der Waals surface area contributed by atoms with Gasteiger partial charge in [-0.3, -0.25) is 4.79 Å². The second kappa shape index (κ2) is 6.23. The lowest BCUT2D eigenvalue weighted by Crippen LogP contribution is -2.37. The van der Waals surface area contributed by atoms with Gasteiger partial charge in [0.05, 0.1) is 12.6 Å². The highest BCUT2D eigenvalue weighted by atomic mass is 19.1. The molecule has 0 spiro atoms. The maximum atomic E-state index is 13.8. The third-order valence-corrected chi connectivity index (χ3v) is 3.49. The molecule has 0 aliphatic carbocycles. The summed E-state index contributed by atoms with van der Waals surface area (Å²) in [4.78, 5) is 13.6. The number of carbonyl (C=O) groups excluding carboxylic acids is 1. The van der Waals surface area contributed by atoms with Gasteiger partial charge < -0.3 is 10.0 Å². The third kappa shape index (κ3) is 2.99. The van der Waals surface area contributed by atoms with Gasteiger partial charge in [-0.25, -0.2) is 13.5 Å². The van der Waals surface area contributed by atoms with Crippen LogP contribution in [0.25, 0.3) is 5.69 Å². The highest BCUT2D eigenvalue weighted by Crippen LogP contribution is 2.18. The zero-order chi connectivity index (χ0) is 16.4. The molecule has 0 fully saturated rings. The predicted octanol–water partition coefficient (Wildman–Crippen LogP) is 1.91. The van der Waals surface area contributed by atoms with Crippen LogP contribution in [-0.2, 0) is 0 Å². The molecule has 1 atom stereocenters. The van der Waals surface area contributed by atoms with Crippen LogP contribution in [0.1, 0.15) is 23.1 Å². The number of aliphatic hydroxyl groups is 1. The van der Waals surface area contributed by atoms with Crippen molar-refractivity contribution in [3.8, 4) is 5.69 Å². The van der Waals surface area contributed by atoms with E-state index in [1.165, 1.54) is 21.7 Å². The van der Waals surface area contributed by atoms with Crippen LogP contribution in [0.15, 0.2) is 24.3 Å². The van der Waals surface area contributed by atoms with Crippen molar-refractivity contribution in [2.45, 2.75) is 19.9 Å². The van der Waals surface area contributed by atoms with Gasteiger partial charge in [0.15, 0.2) is 11.5 Å². The average Bonchev–Trinajstić information content (AvgIpc) is 2.86. The smallest absolute Gasteiger partial charge is 0.274 e. The highest BCUT2D eigenvalue weighted by molar-refractivity contribution is 5.92. The molecule has 22 heavy (non-hydrogen) atoms. The van der Waals surface area contributed by atoms with E-state index in [2.05, 4.69) is 5.10 Å². The Balaban J connectivity index is 2.38. The number of hydrogen-bond donors (Lipinski definition) is 1. The van der Waals surface area contributed by atoms with Gasteiger partial charge in [-0.2, -0.15) is 5.10 Å². The summed E-state index contributed by atoms with van der Waals surface area (Å²) in [5.74, 6) is -1.83. The zero-order valence-electron chi connectivity index (χ0n) is 12.5. The summed E-state index contributed by atoms with van der Waals surface area (Å²) in [7, 11) is 1.55. The lowest BCUT2D eigenvalue weighted by atomic mass is 10.2. The van der Waals surface area contributed by atoms with Crippen molar-refractivity contribution in [1.82, 2.24) is 14.7 Å². The van der Waals surface area contributed by atoms with Gasteiger partial charge >= 0.3 is 0 Å². The number of halogens is 2. The van der Waals surface area contributed by atoms with Crippen LogP contribution in [0.3, 0.4) is 0 Å². The molecule has 7 heteroatoms. The third-order valence-electron chi connectivity index (χ3n) is 3.49. The Kier molecular flexibility index (Phi) is 4.56. The Morgan fingerprint density at radius 3 is 2.68 bits per heavy atom. The molecule has 0 saturated carbocycles. The first-order chi connectivity index (χ1) is 10.3. The number of aliphatic hydroxyl groups excluding tert-OH is 1. The number of hydrogen-bond acceptors (Lipinski definition) is 3. The minimum absolute atomic E-state index is 0.0656. The number of nitrogens with zero attached hydrogens (tertiary/aromatic N) is 3. The molecular weight excluding hydrogens is 292 g/mol. The molecule has 0 aliphatic rings. The van der Waals surface area contributed by atoms with Crippen LogP contribution >= 0.6 is 0 Å². The quantitative estimate of drug-likeness (QED) is 0.938. The van der Waals surface area contributed by atoms with Crippen molar-refractivity contribution in [2.75, 3.05) is 13.7 Å². The molecule has 1 heterocycles. The molecule has 0 radical (unpaired) electrons. The van der Waals surface area contributed by atoms with Crippen LogP contribution in [0.2, 0.25) is 0 Å². The fourth-order valence-electron chi connectivity index (χ4n) is 1.98. The van der Waals surface area contributed by atoms with E-state index in [1.54, 1.807) is 20.9 Å². The minimum atomic E-state index is -0.762. The Bertz CT molecular complexity index is 700. The molecule has 2 rings (SSSR count). The maximum absolute atomic E-state index is 13.8. The van der Waals surface area contributed by atoms with E-state index < -0.39 is 11.6 Å². The van der Waals surface area contributed by atoms with Gasteiger partial charge in [0.2, 0.25) is 0 Å². The molecule has 1 unspecified atom stereocenters. The number of likely N-dealkylation sites (N-methyl/N-ethyl adjacent to an activating group) is 1. The Labute approximate surface area is 126 Å².